The second kappa shape index (κ2) is 8.39. The number of hydrogen-bond donors (Lipinski definition) is 1. The summed E-state index contributed by atoms with van der Waals surface area (Å²) in [5.41, 5.74) is 2.08. The van der Waals surface area contributed by atoms with E-state index in [1.165, 1.54) is 12.1 Å². The number of nitriles is 1. The molecular formula is C23H19NO5S. The normalized spacial score (nSPS) is 13.1. The fraction of sp³-hybridized carbons (Fsp3) is 0.130. The van der Waals surface area contributed by atoms with Gasteiger partial charge >= 0.3 is 5.97 Å². The molecule has 0 aliphatic rings. The Morgan fingerprint density at radius 1 is 0.967 bits per heavy atom. The fourth-order valence-corrected chi connectivity index (χ4v) is 4.27. The van der Waals surface area contributed by atoms with Crippen molar-refractivity contribution in [3.8, 4) is 22.9 Å². The summed E-state index contributed by atoms with van der Waals surface area (Å²) in [6.07, 6.45) is 0. The first-order valence-electron chi connectivity index (χ1n) is 9.04. The molecule has 1 atom stereocenters. The van der Waals surface area contributed by atoms with Gasteiger partial charge in [-0.1, -0.05) is 42.5 Å². The van der Waals surface area contributed by atoms with Gasteiger partial charge < -0.3 is 9.84 Å². The van der Waals surface area contributed by atoms with Crippen molar-refractivity contribution in [2.75, 3.05) is 6.61 Å². The van der Waals surface area contributed by atoms with Gasteiger partial charge in [0.15, 0.2) is 9.84 Å². The molecule has 0 bridgehead atoms. The number of rotatable bonds is 7. The third kappa shape index (κ3) is 4.04. The first kappa shape index (κ1) is 21.1. The Hall–Kier alpha value is -3.63. The second-order valence-electron chi connectivity index (χ2n) is 6.85. The van der Waals surface area contributed by atoms with E-state index >= 15 is 0 Å². The smallest absolute Gasteiger partial charge is 0.328 e. The molecule has 0 saturated carbocycles. The number of carbonyl (C=O) groups is 1. The van der Waals surface area contributed by atoms with E-state index in [2.05, 4.69) is 0 Å². The molecule has 152 valence electrons. The van der Waals surface area contributed by atoms with Crippen molar-refractivity contribution in [3.05, 3.63) is 84.4 Å². The Morgan fingerprint density at radius 3 is 2.00 bits per heavy atom. The van der Waals surface area contributed by atoms with E-state index in [9.17, 15) is 18.3 Å². The summed E-state index contributed by atoms with van der Waals surface area (Å²) in [6, 6.07) is 23.3. The first-order valence-corrected chi connectivity index (χ1v) is 10.5. The van der Waals surface area contributed by atoms with Gasteiger partial charge in [-0.2, -0.15) is 5.26 Å². The summed E-state index contributed by atoms with van der Waals surface area (Å²) in [5.74, 6) is -1.11. The molecule has 1 N–H and O–H groups in total. The molecule has 0 aliphatic carbocycles. The molecule has 0 heterocycles. The van der Waals surface area contributed by atoms with Crippen LogP contribution in [0.3, 0.4) is 0 Å². The average molecular weight is 421 g/mol. The van der Waals surface area contributed by atoms with E-state index in [1.807, 2.05) is 6.07 Å². The molecule has 7 heteroatoms. The second-order valence-corrected chi connectivity index (χ2v) is 9.23. The van der Waals surface area contributed by atoms with Crippen LogP contribution >= 0.6 is 0 Å². The fourth-order valence-electron chi connectivity index (χ4n) is 2.82. The standard InChI is InChI=1S/C23H19NO5S/c1-23(22(25)26,16-29-20-5-3-2-4-6-20)30(27,28)21-13-11-19(12-14-21)18-9-7-17(15-24)8-10-18/h2-14H,16H2,1H3,(H,25,26). The molecule has 0 aliphatic heterocycles. The molecule has 1 unspecified atom stereocenters. The Morgan fingerprint density at radius 2 is 1.50 bits per heavy atom. The summed E-state index contributed by atoms with van der Waals surface area (Å²) >= 11 is 0. The molecule has 0 amide bonds. The summed E-state index contributed by atoms with van der Waals surface area (Å²) in [5, 5.41) is 18.6. The Labute approximate surface area is 174 Å². The Kier molecular flexibility index (Phi) is 5.90. The van der Waals surface area contributed by atoms with E-state index in [-0.39, 0.29) is 4.90 Å². The minimum atomic E-state index is -4.25. The van der Waals surface area contributed by atoms with Gasteiger partial charge in [0.2, 0.25) is 4.75 Å². The van der Waals surface area contributed by atoms with Crippen LogP contribution in [0.4, 0.5) is 0 Å². The van der Waals surface area contributed by atoms with Gasteiger partial charge in [0.25, 0.3) is 0 Å². The molecule has 0 radical (unpaired) electrons. The van der Waals surface area contributed by atoms with Crippen LogP contribution in [0, 0.1) is 11.3 Å². The molecule has 6 nitrogen and oxygen atoms in total. The lowest BCUT2D eigenvalue weighted by molar-refractivity contribution is -0.140. The van der Waals surface area contributed by atoms with Crippen LogP contribution in [0.5, 0.6) is 5.75 Å². The van der Waals surface area contributed by atoms with Crippen molar-refractivity contribution in [1.82, 2.24) is 0 Å². The summed E-state index contributed by atoms with van der Waals surface area (Å²) in [6.45, 7) is 0.605. The van der Waals surface area contributed by atoms with Gasteiger partial charge in [-0.15, -0.1) is 0 Å². The first-order chi connectivity index (χ1) is 14.3. The van der Waals surface area contributed by atoms with Crippen LogP contribution < -0.4 is 4.74 Å². The quantitative estimate of drug-likeness (QED) is 0.620. The third-order valence-electron chi connectivity index (χ3n) is 4.81. The van der Waals surface area contributed by atoms with Crippen molar-refractivity contribution in [2.45, 2.75) is 16.6 Å². The molecular weight excluding hydrogens is 402 g/mol. The maximum atomic E-state index is 13.2. The van der Waals surface area contributed by atoms with Gasteiger partial charge in [-0.05, 0) is 54.4 Å². The number of hydrogen-bond acceptors (Lipinski definition) is 5. The number of sulfone groups is 1. The van der Waals surface area contributed by atoms with Gasteiger partial charge in [0.05, 0.1) is 16.5 Å². The van der Waals surface area contributed by atoms with Crippen molar-refractivity contribution < 1.29 is 23.1 Å². The Bertz CT molecular complexity index is 1180. The van der Waals surface area contributed by atoms with E-state index in [0.717, 1.165) is 18.1 Å². The predicted molar refractivity (Wildman–Crippen MR) is 112 cm³/mol. The monoisotopic (exact) mass is 421 g/mol. The Balaban J connectivity index is 1.89. The molecule has 0 saturated heterocycles. The minimum absolute atomic E-state index is 0.110. The summed E-state index contributed by atoms with van der Waals surface area (Å²) in [4.78, 5) is 11.8. The van der Waals surface area contributed by atoms with Crippen LogP contribution in [0.25, 0.3) is 11.1 Å². The maximum Gasteiger partial charge on any atom is 0.328 e. The number of ether oxygens (including phenoxy) is 1. The number of nitrogens with zero attached hydrogens (tertiary/aromatic N) is 1. The lowest BCUT2D eigenvalue weighted by Crippen LogP contribution is -2.48. The van der Waals surface area contributed by atoms with Crippen LogP contribution in [-0.2, 0) is 14.6 Å². The number of benzene rings is 3. The average Bonchev–Trinajstić information content (AvgIpc) is 2.78. The molecule has 0 spiro atoms. The van der Waals surface area contributed by atoms with Gasteiger partial charge in [-0.3, -0.25) is 4.79 Å². The van der Waals surface area contributed by atoms with Gasteiger partial charge in [0, 0.05) is 0 Å². The highest BCUT2D eigenvalue weighted by Gasteiger charge is 2.48. The highest BCUT2D eigenvalue weighted by Crippen LogP contribution is 2.29. The van der Waals surface area contributed by atoms with Crippen molar-refractivity contribution >= 4 is 15.8 Å². The van der Waals surface area contributed by atoms with E-state index in [1.54, 1.807) is 66.7 Å². The zero-order valence-electron chi connectivity index (χ0n) is 16.1. The topological polar surface area (TPSA) is 104 Å². The van der Waals surface area contributed by atoms with E-state index in [4.69, 9.17) is 10.00 Å². The lowest BCUT2D eigenvalue weighted by atomic mass is 10.0. The number of para-hydroxylation sites is 1. The summed E-state index contributed by atoms with van der Waals surface area (Å²) < 4.78 is 29.6. The largest absolute Gasteiger partial charge is 0.491 e. The van der Waals surface area contributed by atoms with Crippen molar-refractivity contribution in [3.63, 3.8) is 0 Å². The van der Waals surface area contributed by atoms with Gasteiger partial charge in [-0.25, -0.2) is 8.42 Å². The van der Waals surface area contributed by atoms with E-state index in [0.29, 0.717) is 11.3 Å². The van der Waals surface area contributed by atoms with Crippen LogP contribution in [-0.4, -0.2) is 30.8 Å². The minimum Gasteiger partial charge on any atom is -0.491 e. The van der Waals surface area contributed by atoms with E-state index < -0.39 is 27.2 Å². The number of aliphatic carboxylic acids is 1. The van der Waals surface area contributed by atoms with Crippen LogP contribution in [0.15, 0.2) is 83.8 Å². The molecule has 0 fully saturated rings. The molecule has 30 heavy (non-hydrogen) atoms. The van der Waals surface area contributed by atoms with Crippen LogP contribution in [0.2, 0.25) is 0 Å². The zero-order chi connectivity index (χ0) is 21.8. The van der Waals surface area contributed by atoms with Crippen molar-refractivity contribution in [2.24, 2.45) is 0 Å². The zero-order valence-corrected chi connectivity index (χ0v) is 17.0. The van der Waals surface area contributed by atoms with Gasteiger partial charge in [0.1, 0.15) is 12.4 Å². The maximum absolute atomic E-state index is 13.2. The third-order valence-corrected chi connectivity index (χ3v) is 7.19. The highest BCUT2D eigenvalue weighted by molar-refractivity contribution is 7.93. The lowest BCUT2D eigenvalue weighted by Gasteiger charge is -2.25. The van der Waals surface area contributed by atoms with Crippen molar-refractivity contribution in [1.29, 1.82) is 5.26 Å². The molecule has 3 aromatic rings. The SMILES string of the molecule is CC(COc1ccccc1)(C(=O)O)S(=O)(=O)c1ccc(-c2ccc(C#N)cc2)cc1. The number of carboxylic acid groups (broad SMARTS) is 1. The molecule has 0 aromatic heterocycles. The molecule has 3 rings (SSSR count). The molecule has 3 aromatic carbocycles. The number of carboxylic acids is 1. The predicted octanol–water partition coefficient (Wildman–Crippen LogP) is 3.92. The highest BCUT2D eigenvalue weighted by atomic mass is 32.2. The van der Waals surface area contributed by atoms with Crippen LogP contribution in [0.1, 0.15) is 12.5 Å². The summed E-state index contributed by atoms with van der Waals surface area (Å²) in [7, 11) is -4.25.